The Labute approximate surface area is 186 Å². The lowest BCUT2D eigenvalue weighted by atomic mass is 9.83. The summed E-state index contributed by atoms with van der Waals surface area (Å²) in [5, 5.41) is 10.8. The Bertz CT molecular complexity index is 1020. The van der Waals surface area contributed by atoms with Crippen LogP contribution in [-0.4, -0.2) is 52.8 Å². The summed E-state index contributed by atoms with van der Waals surface area (Å²) in [7, 11) is 1.69. The van der Waals surface area contributed by atoms with E-state index in [4.69, 9.17) is 0 Å². The van der Waals surface area contributed by atoms with Crippen molar-refractivity contribution < 1.29 is 14.0 Å². The number of fused-ring (bicyclic) bond motifs is 1. The van der Waals surface area contributed by atoms with E-state index in [1.165, 1.54) is 23.9 Å². The highest BCUT2D eigenvalue weighted by molar-refractivity contribution is 6.02. The van der Waals surface area contributed by atoms with Crippen molar-refractivity contribution in [1.29, 1.82) is 0 Å². The summed E-state index contributed by atoms with van der Waals surface area (Å²) < 4.78 is 17.1. The van der Waals surface area contributed by atoms with Gasteiger partial charge in [0.15, 0.2) is 11.6 Å². The third-order valence-corrected chi connectivity index (χ3v) is 7.44. The molecule has 5 rings (SSSR count). The minimum absolute atomic E-state index is 0.259. The maximum atomic E-state index is 15.6. The normalized spacial score (nSPS) is 23.7. The number of anilines is 1. The fourth-order valence-corrected chi connectivity index (χ4v) is 5.64. The lowest BCUT2D eigenvalue weighted by Gasteiger charge is -2.35. The van der Waals surface area contributed by atoms with Crippen LogP contribution in [0.3, 0.4) is 0 Å². The van der Waals surface area contributed by atoms with E-state index in [0.29, 0.717) is 34.8 Å². The van der Waals surface area contributed by atoms with Crippen LogP contribution in [-0.2, 0) is 16.6 Å². The zero-order valence-corrected chi connectivity index (χ0v) is 18.6. The number of pyridine rings is 1. The summed E-state index contributed by atoms with van der Waals surface area (Å²) in [5.74, 6) is 0.303. The van der Waals surface area contributed by atoms with Gasteiger partial charge in [-0.3, -0.25) is 19.6 Å². The van der Waals surface area contributed by atoms with Crippen LogP contribution in [0.4, 0.5) is 10.2 Å². The molecule has 3 aliphatic heterocycles. The molecule has 32 heavy (non-hydrogen) atoms. The lowest BCUT2D eigenvalue weighted by Crippen LogP contribution is -2.39. The second kappa shape index (κ2) is 8.77. The van der Waals surface area contributed by atoms with E-state index >= 15 is 4.39 Å². The van der Waals surface area contributed by atoms with Gasteiger partial charge in [-0.05, 0) is 63.5 Å². The maximum Gasteiger partial charge on any atom is 0.235 e. The summed E-state index contributed by atoms with van der Waals surface area (Å²) in [6, 6.07) is 0. The predicted molar refractivity (Wildman–Crippen MR) is 119 cm³/mol. The minimum atomic E-state index is -0.561. The summed E-state index contributed by atoms with van der Waals surface area (Å²) in [4.78, 5) is 30.3. The number of halogens is 1. The monoisotopic (exact) mass is 442 g/mol. The topological polar surface area (TPSA) is 92.1 Å². The van der Waals surface area contributed by atoms with Crippen LogP contribution in [0.15, 0.2) is 6.20 Å². The van der Waals surface area contributed by atoms with Crippen LogP contribution in [0.2, 0.25) is 0 Å². The molecule has 2 aromatic heterocycles. The second-order valence-corrected chi connectivity index (χ2v) is 9.53. The van der Waals surface area contributed by atoms with Crippen LogP contribution in [0.25, 0.3) is 10.9 Å². The van der Waals surface area contributed by atoms with E-state index in [1.54, 1.807) is 13.2 Å². The molecule has 5 heterocycles. The zero-order chi connectivity index (χ0) is 22.2. The van der Waals surface area contributed by atoms with Crippen molar-refractivity contribution in [1.82, 2.24) is 25.4 Å². The Morgan fingerprint density at radius 1 is 1.09 bits per heavy atom. The van der Waals surface area contributed by atoms with Crippen LogP contribution in [0.1, 0.15) is 56.6 Å². The Balaban J connectivity index is 1.32. The van der Waals surface area contributed by atoms with Crippen molar-refractivity contribution in [2.75, 3.05) is 31.1 Å². The Morgan fingerprint density at radius 2 is 1.81 bits per heavy atom. The minimum Gasteiger partial charge on any atom is -0.354 e. The van der Waals surface area contributed by atoms with Crippen molar-refractivity contribution in [2.45, 2.75) is 50.9 Å². The Kier molecular flexibility index (Phi) is 5.84. The number of rotatable bonds is 4. The molecule has 0 bridgehead atoms. The smallest absolute Gasteiger partial charge is 0.235 e. The van der Waals surface area contributed by atoms with Crippen molar-refractivity contribution >= 4 is 28.5 Å². The molecule has 8 nitrogen and oxygen atoms in total. The summed E-state index contributed by atoms with van der Waals surface area (Å²) in [6.45, 7) is 3.88. The van der Waals surface area contributed by atoms with Gasteiger partial charge < -0.3 is 10.2 Å². The molecule has 172 valence electrons. The van der Waals surface area contributed by atoms with Gasteiger partial charge in [0, 0.05) is 38.1 Å². The molecule has 3 fully saturated rings. The van der Waals surface area contributed by atoms with Gasteiger partial charge in [0.1, 0.15) is 5.52 Å². The van der Waals surface area contributed by atoms with Crippen LogP contribution >= 0.6 is 0 Å². The van der Waals surface area contributed by atoms with E-state index in [2.05, 4.69) is 20.7 Å². The van der Waals surface area contributed by atoms with Crippen LogP contribution < -0.4 is 15.5 Å². The van der Waals surface area contributed by atoms with Gasteiger partial charge in [0.25, 0.3) is 0 Å². The fraction of sp³-hybridized carbons (Fsp3) is 0.652. The van der Waals surface area contributed by atoms with Gasteiger partial charge in [-0.2, -0.15) is 5.10 Å². The first-order valence-electron chi connectivity index (χ1n) is 11.8. The van der Waals surface area contributed by atoms with Crippen molar-refractivity contribution in [2.24, 2.45) is 18.9 Å². The number of hydrogen-bond donors (Lipinski definition) is 2. The SMILES string of the molecule is Cn1nc(C2CCC(=O)NC2=O)c2cnc(N3CCC(CC4CCNCC4)CC3)c(F)c21. The van der Waals surface area contributed by atoms with Crippen molar-refractivity contribution in [3.05, 3.63) is 17.7 Å². The number of imide groups is 1. The Hall–Kier alpha value is -2.55. The molecule has 3 aliphatic rings. The van der Waals surface area contributed by atoms with Crippen molar-refractivity contribution in [3.8, 4) is 0 Å². The van der Waals surface area contributed by atoms with Gasteiger partial charge in [0.05, 0.1) is 11.6 Å². The molecule has 1 unspecified atom stereocenters. The molecule has 2 aromatic rings. The highest BCUT2D eigenvalue weighted by Crippen LogP contribution is 2.35. The maximum absolute atomic E-state index is 15.6. The number of hydrogen-bond acceptors (Lipinski definition) is 6. The fourth-order valence-electron chi connectivity index (χ4n) is 5.64. The van der Waals surface area contributed by atoms with Gasteiger partial charge in [-0.15, -0.1) is 0 Å². The van der Waals surface area contributed by atoms with E-state index in [0.717, 1.165) is 44.9 Å². The standard InChI is InChI=1S/C23H31FN6O2/c1-29-21-17(20(28-29)16-2-3-18(31)27-23(16)32)13-26-22(19(21)24)30-10-6-15(7-11-30)12-14-4-8-25-9-5-14/h13-16,25H,2-12H2,1H3,(H,27,31,32). The molecular weight excluding hydrogens is 411 g/mol. The molecule has 1 atom stereocenters. The molecule has 2 N–H and O–H groups in total. The zero-order valence-electron chi connectivity index (χ0n) is 18.6. The Morgan fingerprint density at radius 3 is 2.53 bits per heavy atom. The van der Waals surface area contributed by atoms with Gasteiger partial charge in [0.2, 0.25) is 11.8 Å². The summed E-state index contributed by atoms with van der Waals surface area (Å²) in [6.07, 6.45) is 8.22. The van der Waals surface area contributed by atoms with E-state index in [-0.39, 0.29) is 24.1 Å². The molecule has 0 spiro atoms. The molecular formula is C23H31FN6O2. The largest absolute Gasteiger partial charge is 0.354 e. The van der Waals surface area contributed by atoms with E-state index in [9.17, 15) is 9.59 Å². The molecule has 0 radical (unpaired) electrons. The quantitative estimate of drug-likeness (QED) is 0.706. The van der Waals surface area contributed by atoms with E-state index in [1.807, 2.05) is 4.90 Å². The molecule has 0 aromatic carbocycles. The molecule has 2 amide bonds. The van der Waals surface area contributed by atoms with Crippen molar-refractivity contribution in [3.63, 3.8) is 0 Å². The molecule has 3 saturated heterocycles. The number of nitrogens with one attached hydrogen (secondary N) is 2. The number of aryl methyl sites for hydroxylation is 1. The first kappa shape index (κ1) is 21.3. The number of carbonyl (C=O) groups is 2. The average molecular weight is 443 g/mol. The predicted octanol–water partition coefficient (Wildman–Crippen LogP) is 2.23. The first-order chi connectivity index (χ1) is 15.5. The molecule has 0 saturated carbocycles. The summed E-state index contributed by atoms with van der Waals surface area (Å²) in [5.41, 5.74) is 0.859. The first-order valence-corrected chi connectivity index (χ1v) is 11.8. The van der Waals surface area contributed by atoms with Gasteiger partial charge in [-0.1, -0.05) is 0 Å². The van der Waals surface area contributed by atoms with Crippen LogP contribution in [0.5, 0.6) is 0 Å². The highest BCUT2D eigenvalue weighted by atomic mass is 19.1. The lowest BCUT2D eigenvalue weighted by molar-refractivity contribution is -0.134. The third kappa shape index (κ3) is 3.98. The summed E-state index contributed by atoms with van der Waals surface area (Å²) >= 11 is 0. The van der Waals surface area contributed by atoms with Crippen LogP contribution in [0, 0.1) is 17.7 Å². The van der Waals surface area contributed by atoms with E-state index < -0.39 is 5.92 Å². The number of amides is 2. The number of carbonyl (C=O) groups excluding carboxylic acids is 2. The number of nitrogens with zero attached hydrogens (tertiary/aromatic N) is 4. The average Bonchev–Trinajstić information content (AvgIpc) is 3.12. The highest BCUT2D eigenvalue weighted by Gasteiger charge is 2.33. The van der Waals surface area contributed by atoms with Gasteiger partial charge in [-0.25, -0.2) is 9.37 Å². The number of piperidine rings is 3. The number of aromatic nitrogens is 3. The third-order valence-electron chi connectivity index (χ3n) is 7.44. The second-order valence-electron chi connectivity index (χ2n) is 9.53. The molecule has 9 heteroatoms. The van der Waals surface area contributed by atoms with Gasteiger partial charge >= 0.3 is 0 Å². The molecule has 0 aliphatic carbocycles.